The number of amides is 1. The molecule has 9 nitrogen and oxygen atoms in total. The summed E-state index contributed by atoms with van der Waals surface area (Å²) < 4.78 is 5.34. The smallest absolute Gasteiger partial charge is 0.262 e. The molecule has 146 valence electrons. The van der Waals surface area contributed by atoms with Crippen LogP contribution < -0.4 is 5.73 Å². The predicted octanol–water partition coefficient (Wildman–Crippen LogP) is 1.91. The second kappa shape index (κ2) is 6.14. The number of anilines is 1. The molecule has 1 amide bonds. The van der Waals surface area contributed by atoms with E-state index in [1.54, 1.807) is 13.1 Å². The van der Waals surface area contributed by atoms with Gasteiger partial charge in [-0.2, -0.15) is 5.10 Å². The van der Waals surface area contributed by atoms with Gasteiger partial charge in [-0.15, -0.1) is 0 Å². The highest BCUT2D eigenvalue weighted by Crippen LogP contribution is 2.35. The molecule has 4 N–H and O–H groups in total. The molecule has 0 spiro atoms. The summed E-state index contributed by atoms with van der Waals surface area (Å²) in [5, 5.41) is 21.6. The fourth-order valence-electron chi connectivity index (χ4n) is 3.61. The van der Waals surface area contributed by atoms with Gasteiger partial charge in [0, 0.05) is 37.2 Å². The van der Waals surface area contributed by atoms with Gasteiger partial charge in [-0.25, -0.2) is 4.98 Å². The van der Waals surface area contributed by atoms with Gasteiger partial charge in [-0.05, 0) is 18.2 Å². The van der Waals surface area contributed by atoms with Gasteiger partial charge >= 0.3 is 0 Å². The standard InChI is InChI=1S/C20H18N6O3/c1-26-8-7-20(28,19(26)27)16-10-15(25-29-16)12-4-2-3-11(9-12)13-5-6-14-17(22-13)18(21)24-23-14/h2-6,9-10,28H,7-8H2,1H3,(H3,21,23,24)/t20-/m1/s1. The molecule has 29 heavy (non-hydrogen) atoms. The number of aromatic nitrogens is 4. The molecule has 1 aliphatic rings. The highest BCUT2D eigenvalue weighted by Gasteiger charge is 2.48. The number of carbonyl (C=O) groups excluding carboxylic acids is 1. The van der Waals surface area contributed by atoms with Crippen molar-refractivity contribution in [1.29, 1.82) is 0 Å². The molecule has 1 fully saturated rings. The minimum absolute atomic E-state index is 0.151. The number of hydrogen-bond acceptors (Lipinski definition) is 7. The first-order valence-electron chi connectivity index (χ1n) is 9.12. The number of carbonyl (C=O) groups is 1. The lowest BCUT2D eigenvalue weighted by atomic mass is 9.97. The number of H-pyrrole nitrogens is 1. The van der Waals surface area contributed by atoms with Crippen molar-refractivity contribution in [3.63, 3.8) is 0 Å². The SMILES string of the molecule is CN1CC[C@@](O)(c2cc(-c3cccc(-c4ccc5[nH]nc(N)c5n4)c3)no2)C1=O. The molecule has 1 aromatic carbocycles. The highest BCUT2D eigenvalue weighted by atomic mass is 16.5. The molecule has 0 bridgehead atoms. The van der Waals surface area contributed by atoms with E-state index in [0.29, 0.717) is 23.6 Å². The molecule has 0 aliphatic carbocycles. The zero-order valence-corrected chi connectivity index (χ0v) is 15.6. The summed E-state index contributed by atoms with van der Waals surface area (Å²) >= 11 is 0. The van der Waals surface area contributed by atoms with E-state index < -0.39 is 5.60 Å². The minimum Gasteiger partial charge on any atom is -0.380 e. The van der Waals surface area contributed by atoms with Gasteiger partial charge < -0.3 is 20.3 Å². The Labute approximate surface area is 165 Å². The third-order valence-corrected chi connectivity index (χ3v) is 5.32. The summed E-state index contributed by atoms with van der Waals surface area (Å²) in [6, 6.07) is 13.0. The van der Waals surface area contributed by atoms with Crippen LogP contribution in [0, 0.1) is 0 Å². The Kier molecular flexibility index (Phi) is 3.68. The molecule has 1 saturated heterocycles. The van der Waals surface area contributed by atoms with Crippen molar-refractivity contribution in [3.8, 4) is 22.5 Å². The number of likely N-dealkylation sites (N-methyl/N-ethyl adjacent to an activating group) is 1. The number of hydrogen-bond donors (Lipinski definition) is 3. The monoisotopic (exact) mass is 390 g/mol. The number of fused-ring (bicyclic) bond motifs is 1. The van der Waals surface area contributed by atoms with E-state index in [0.717, 1.165) is 22.3 Å². The van der Waals surface area contributed by atoms with Crippen molar-refractivity contribution in [2.75, 3.05) is 19.3 Å². The van der Waals surface area contributed by atoms with Gasteiger partial charge in [0.15, 0.2) is 11.6 Å². The van der Waals surface area contributed by atoms with Gasteiger partial charge in [0.2, 0.25) is 5.60 Å². The third kappa shape index (κ3) is 2.66. The largest absolute Gasteiger partial charge is 0.380 e. The van der Waals surface area contributed by atoms with Crippen LogP contribution in [0.1, 0.15) is 12.2 Å². The number of nitrogens with zero attached hydrogens (tertiary/aromatic N) is 4. The Balaban J connectivity index is 1.51. The van der Waals surface area contributed by atoms with Gasteiger partial charge in [0.25, 0.3) is 5.91 Å². The molecule has 9 heteroatoms. The number of aliphatic hydroxyl groups is 1. The van der Waals surface area contributed by atoms with Gasteiger partial charge in [0.1, 0.15) is 11.2 Å². The third-order valence-electron chi connectivity index (χ3n) is 5.32. The van der Waals surface area contributed by atoms with Crippen molar-refractivity contribution in [2.24, 2.45) is 0 Å². The van der Waals surface area contributed by atoms with Crippen LogP contribution in [-0.2, 0) is 10.4 Å². The Morgan fingerprint density at radius 3 is 2.76 bits per heavy atom. The Hall–Kier alpha value is -3.72. The van der Waals surface area contributed by atoms with E-state index in [-0.39, 0.29) is 18.1 Å². The summed E-state index contributed by atoms with van der Waals surface area (Å²) in [7, 11) is 1.65. The number of aromatic amines is 1. The van der Waals surface area contributed by atoms with Crippen molar-refractivity contribution < 1.29 is 14.4 Å². The zero-order chi connectivity index (χ0) is 20.2. The normalized spacial score (nSPS) is 19.4. The van der Waals surface area contributed by atoms with E-state index in [9.17, 15) is 9.90 Å². The van der Waals surface area contributed by atoms with E-state index in [2.05, 4.69) is 20.3 Å². The molecule has 0 saturated carbocycles. The molecule has 0 radical (unpaired) electrons. The number of likely N-dealkylation sites (tertiary alicyclic amines) is 1. The number of pyridine rings is 1. The Morgan fingerprint density at radius 2 is 2.00 bits per heavy atom. The summed E-state index contributed by atoms with van der Waals surface area (Å²) in [4.78, 5) is 18.3. The second-order valence-corrected chi connectivity index (χ2v) is 7.20. The van der Waals surface area contributed by atoms with Crippen molar-refractivity contribution in [1.82, 2.24) is 25.2 Å². The fourth-order valence-corrected chi connectivity index (χ4v) is 3.61. The average molecular weight is 390 g/mol. The molecule has 0 unspecified atom stereocenters. The molecule has 1 aliphatic heterocycles. The van der Waals surface area contributed by atoms with E-state index >= 15 is 0 Å². The first-order valence-corrected chi connectivity index (χ1v) is 9.12. The maximum atomic E-state index is 12.3. The topological polar surface area (TPSA) is 134 Å². The van der Waals surface area contributed by atoms with Crippen LogP contribution in [-0.4, -0.2) is 49.8 Å². The molecule has 4 aromatic rings. The lowest BCUT2D eigenvalue weighted by Crippen LogP contribution is -2.35. The lowest BCUT2D eigenvalue weighted by molar-refractivity contribution is -0.144. The summed E-state index contributed by atoms with van der Waals surface area (Å²) in [5.74, 6) is 0.112. The number of nitrogens with two attached hydrogens (primary N) is 1. The zero-order valence-electron chi connectivity index (χ0n) is 15.6. The van der Waals surface area contributed by atoms with Crippen LogP contribution in [0.5, 0.6) is 0 Å². The van der Waals surface area contributed by atoms with Gasteiger partial charge in [-0.1, -0.05) is 23.4 Å². The van der Waals surface area contributed by atoms with Crippen molar-refractivity contribution in [2.45, 2.75) is 12.0 Å². The van der Waals surface area contributed by atoms with Crippen molar-refractivity contribution in [3.05, 3.63) is 48.2 Å². The summed E-state index contributed by atoms with van der Waals surface area (Å²) in [6.45, 7) is 0.464. The molecule has 4 heterocycles. The maximum absolute atomic E-state index is 12.3. The molecular weight excluding hydrogens is 372 g/mol. The van der Waals surface area contributed by atoms with Crippen LogP contribution in [0.3, 0.4) is 0 Å². The van der Waals surface area contributed by atoms with Crippen LogP contribution in [0.25, 0.3) is 33.5 Å². The Morgan fingerprint density at radius 1 is 1.21 bits per heavy atom. The molecule has 5 rings (SSSR count). The number of benzene rings is 1. The summed E-state index contributed by atoms with van der Waals surface area (Å²) in [5.41, 5.74) is 8.49. The van der Waals surface area contributed by atoms with Gasteiger partial charge in [-0.3, -0.25) is 9.89 Å². The predicted molar refractivity (Wildman–Crippen MR) is 105 cm³/mol. The van der Waals surface area contributed by atoms with E-state index in [1.807, 2.05) is 36.4 Å². The van der Waals surface area contributed by atoms with Crippen LogP contribution >= 0.6 is 0 Å². The number of nitrogen functional groups attached to an aromatic ring is 1. The average Bonchev–Trinajstić information content (AvgIpc) is 3.44. The minimum atomic E-state index is -1.66. The lowest BCUT2D eigenvalue weighted by Gasteiger charge is -2.16. The quantitative estimate of drug-likeness (QED) is 0.486. The molecule has 3 aromatic heterocycles. The highest BCUT2D eigenvalue weighted by molar-refractivity contribution is 5.88. The number of rotatable bonds is 3. The first-order chi connectivity index (χ1) is 14.0. The Bertz CT molecular complexity index is 1250. The maximum Gasteiger partial charge on any atom is 0.262 e. The first kappa shape index (κ1) is 17.4. The second-order valence-electron chi connectivity index (χ2n) is 7.20. The molecule has 1 atom stereocenters. The van der Waals surface area contributed by atoms with Crippen LogP contribution in [0.15, 0.2) is 47.0 Å². The van der Waals surface area contributed by atoms with Crippen molar-refractivity contribution >= 4 is 22.8 Å². The summed E-state index contributed by atoms with van der Waals surface area (Å²) in [6.07, 6.45) is 0.271. The van der Waals surface area contributed by atoms with E-state index in [4.69, 9.17) is 10.3 Å². The van der Waals surface area contributed by atoms with Crippen LogP contribution in [0.2, 0.25) is 0 Å². The van der Waals surface area contributed by atoms with E-state index in [1.165, 1.54) is 4.90 Å². The van der Waals surface area contributed by atoms with Crippen LogP contribution in [0.4, 0.5) is 5.82 Å². The number of nitrogens with one attached hydrogen (secondary N) is 1. The fraction of sp³-hybridized carbons (Fsp3) is 0.200. The molecular formula is C20H18N6O3. The van der Waals surface area contributed by atoms with Gasteiger partial charge in [0.05, 0.1) is 11.2 Å².